The third kappa shape index (κ3) is 4.41. The highest BCUT2D eigenvalue weighted by molar-refractivity contribution is 7.89. The number of furan rings is 1. The van der Waals surface area contributed by atoms with Crippen LogP contribution in [-0.2, 0) is 21.4 Å². The van der Waals surface area contributed by atoms with E-state index in [0.717, 1.165) is 10.4 Å². The number of nitrogens with zero attached hydrogens (tertiary/aromatic N) is 2. The van der Waals surface area contributed by atoms with Crippen molar-refractivity contribution in [3.63, 3.8) is 0 Å². The average molecular weight is 502 g/mol. The summed E-state index contributed by atoms with van der Waals surface area (Å²) in [5.41, 5.74) is 2.13. The van der Waals surface area contributed by atoms with Crippen molar-refractivity contribution in [3.05, 3.63) is 70.8 Å². The highest BCUT2D eigenvalue weighted by Gasteiger charge is 2.41. The standard InChI is InChI=1S/C23H20ClN3O4S2/c24-17-12-21(32-14-17)16-7-8-25-18(10-16)13-26-23(28)19-5-3-9-27(19)33(29,30)22-11-15-4-1-2-6-20(15)31-22/h1-2,4,6-8,10-12,14,19H,3,5,9,13H2,(H,26,28)/t19-/m0/s1. The van der Waals surface area contributed by atoms with E-state index in [0.29, 0.717) is 34.5 Å². The molecular weight excluding hydrogens is 482 g/mol. The molecule has 1 aromatic carbocycles. The first-order chi connectivity index (χ1) is 15.9. The smallest absolute Gasteiger partial charge is 0.277 e. The predicted octanol–water partition coefficient (Wildman–Crippen LogP) is 4.68. The van der Waals surface area contributed by atoms with E-state index in [1.807, 2.05) is 29.6 Å². The molecule has 1 atom stereocenters. The predicted molar refractivity (Wildman–Crippen MR) is 128 cm³/mol. The topological polar surface area (TPSA) is 92.5 Å². The summed E-state index contributed by atoms with van der Waals surface area (Å²) in [6.45, 7) is 0.463. The van der Waals surface area contributed by atoms with Crippen LogP contribution in [0.3, 0.4) is 0 Å². The van der Waals surface area contributed by atoms with Crippen molar-refractivity contribution in [3.8, 4) is 10.4 Å². The molecule has 4 aromatic rings. The van der Waals surface area contributed by atoms with Crippen molar-refractivity contribution in [1.82, 2.24) is 14.6 Å². The number of fused-ring (bicyclic) bond motifs is 1. The Balaban J connectivity index is 1.30. The van der Waals surface area contributed by atoms with E-state index in [9.17, 15) is 13.2 Å². The number of para-hydroxylation sites is 1. The number of benzene rings is 1. The minimum atomic E-state index is -3.94. The van der Waals surface area contributed by atoms with Gasteiger partial charge in [-0.15, -0.1) is 11.3 Å². The molecule has 3 aromatic heterocycles. The molecule has 10 heteroatoms. The normalized spacial score (nSPS) is 16.9. The Morgan fingerprint density at radius 3 is 2.88 bits per heavy atom. The van der Waals surface area contributed by atoms with Crippen LogP contribution in [0, 0.1) is 0 Å². The molecule has 0 unspecified atom stereocenters. The van der Waals surface area contributed by atoms with Crippen LogP contribution < -0.4 is 5.32 Å². The van der Waals surface area contributed by atoms with Crippen LogP contribution in [0.2, 0.25) is 5.02 Å². The number of amides is 1. The fraction of sp³-hybridized carbons (Fsp3) is 0.217. The number of hydrogen-bond acceptors (Lipinski definition) is 6. The van der Waals surface area contributed by atoms with Gasteiger partial charge in [-0.05, 0) is 42.7 Å². The summed E-state index contributed by atoms with van der Waals surface area (Å²) in [5.74, 6) is -0.349. The molecule has 7 nitrogen and oxygen atoms in total. The number of carbonyl (C=O) groups excluding carboxylic acids is 1. The zero-order valence-corrected chi connectivity index (χ0v) is 19.8. The number of hydrogen-bond donors (Lipinski definition) is 1. The van der Waals surface area contributed by atoms with Gasteiger partial charge >= 0.3 is 0 Å². The van der Waals surface area contributed by atoms with Crippen LogP contribution in [0.15, 0.2) is 69.6 Å². The second kappa shape index (κ2) is 8.90. The number of halogens is 1. The molecule has 1 saturated heterocycles. The van der Waals surface area contributed by atoms with Crippen molar-refractivity contribution >= 4 is 49.8 Å². The Bertz CT molecular complexity index is 1400. The fourth-order valence-electron chi connectivity index (χ4n) is 3.98. The van der Waals surface area contributed by atoms with Gasteiger partial charge in [0.2, 0.25) is 11.0 Å². The lowest BCUT2D eigenvalue weighted by Crippen LogP contribution is -2.45. The van der Waals surface area contributed by atoms with E-state index in [2.05, 4.69) is 10.3 Å². The van der Waals surface area contributed by atoms with Gasteiger partial charge in [0.05, 0.1) is 17.3 Å². The van der Waals surface area contributed by atoms with Crippen LogP contribution in [0.5, 0.6) is 0 Å². The molecule has 1 aliphatic rings. The first-order valence-electron chi connectivity index (χ1n) is 10.4. The summed E-state index contributed by atoms with van der Waals surface area (Å²) in [6.07, 6.45) is 2.73. The Morgan fingerprint density at radius 1 is 1.24 bits per heavy atom. The average Bonchev–Trinajstić information content (AvgIpc) is 3.56. The van der Waals surface area contributed by atoms with Gasteiger partial charge in [0.15, 0.2) is 0 Å². The third-order valence-electron chi connectivity index (χ3n) is 5.58. The summed E-state index contributed by atoms with van der Waals surface area (Å²) in [4.78, 5) is 18.3. The number of thiophene rings is 1. The number of sulfonamides is 1. The number of rotatable bonds is 6. The summed E-state index contributed by atoms with van der Waals surface area (Å²) in [7, 11) is -3.94. The van der Waals surface area contributed by atoms with Crippen LogP contribution in [0.1, 0.15) is 18.5 Å². The van der Waals surface area contributed by atoms with E-state index < -0.39 is 16.1 Å². The molecule has 1 aliphatic heterocycles. The maximum atomic E-state index is 13.2. The van der Waals surface area contributed by atoms with Crippen molar-refractivity contribution in [1.29, 1.82) is 0 Å². The van der Waals surface area contributed by atoms with Crippen molar-refractivity contribution in [2.75, 3.05) is 6.54 Å². The lowest BCUT2D eigenvalue weighted by atomic mass is 10.2. The van der Waals surface area contributed by atoms with E-state index in [-0.39, 0.29) is 24.1 Å². The zero-order chi connectivity index (χ0) is 23.0. The lowest BCUT2D eigenvalue weighted by molar-refractivity contribution is -0.124. The molecule has 5 rings (SSSR count). The van der Waals surface area contributed by atoms with E-state index in [4.69, 9.17) is 16.0 Å². The largest absolute Gasteiger partial charge is 0.443 e. The highest BCUT2D eigenvalue weighted by Crippen LogP contribution is 2.31. The van der Waals surface area contributed by atoms with Crippen LogP contribution in [-0.4, -0.2) is 36.2 Å². The highest BCUT2D eigenvalue weighted by atomic mass is 35.5. The molecule has 0 radical (unpaired) electrons. The Kier molecular flexibility index (Phi) is 5.96. The lowest BCUT2D eigenvalue weighted by Gasteiger charge is -2.22. The van der Waals surface area contributed by atoms with Crippen molar-refractivity contribution < 1.29 is 17.6 Å². The third-order valence-corrected chi connectivity index (χ3v) is 8.68. The number of aromatic nitrogens is 1. The van der Waals surface area contributed by atoms with Gasteiger partial charge in [0.1, 0.15) is 11.6 Å². The molecule has 0 spiro atoms. The molecule has 1 amide bonds. The fourth-order valence-corrected chi connectivity index (χ4v) is 6.66. The van der Waals surface area contributed by atoms with Crippen LogP contribution >= 0.6 is 22.9 Å². The number of nitrogens with one attached hydrogen (secondary N) is 1. The van der Waals surface area contributed by atoms with Gasteiger partial charge in [-0.25, -0.2) is 8.42 Å². The molecular formula is C23H20ClN3O4S2. The second-order valence-electron chi connectivity index (χ2n) is 7.76. The molecule has 0 bridgehead atoms. The minimum Gasteiger partial charge on any atom is -0.443 e. The minimum absolute atomic E-state index is 0.146. The first kappa shape index (κ1) is 22.1. The maximum Gasteiger partial charge on any atom is 0.277 e. The first-order valence-corrected chi connectivity index (χ1v) is 13.1. The quantitative estimate of drug-likeness (QED) is 0.414. The van der Waals surface area contributed by atoms with Gasteiger partial charge in [-0.3, -0.25) is 9.78 Å². The zero-order valence-electron chi connectivity index (χ0n) is 17.4. The maximum absolute atomic E-state index is 13.2. The SMILES string of the molecule is O=C(NCc1cc(-c2cc(Cl)cs2)ccn1)[C@@H]1CCCN1S(=O)(=O)c1cc2ccccc2o1. The van der Waals surface area contributed by atoms with E-state index in [1.54, 1.807) is 24.4 Å². The summed E-state index contributed by atoms with van der Waals surface area (Å²) >= 11 is 7.55. The Labute approximate surface area is 200 Å². The van der Waals surface area contributed by atoms with Gasteiger partial charge in [0, 0.05) is 34.5 Å². The van der Waals surface area contributed by atoms with Gasteiger partial charge in [0.25, 0.3) is 10.0 Å². The van der Waals surface area contributed by atoms with E-state index in [1.165, 1.54) is 21.7 Å². The molecule has 170 valence electrons. The van der Waals surface area contributed by atoms with Crippen LogP contribution in [0.25, 0.3) is 21.4 Å². The molecule has 1 N–H and O–H groups in total. The monoisotopic (exact) mass is 501 g/mol. The van der Waals surface area contributed by atoms with Gasteiger partial charge in [-0.1, -0.05) is 29.8 Å². The molecule has 0 saturated carbocycles. The second-order valence-corrected chi connectivity index (χ2v) is 10.9. The van der Waals surface area contributed by atoms with Gasteiger partial charge < -0.3 is 9.73 Å². The molecule has 0 aliphatic carbocycles. The van der Waals surface area contributed by atoms with Gasteiger partial charge in [-0.2, -0.15) is 4.31 Å². The molecule has 1 fully saturated rings. The van der Waals surface area contributed by atoms with Crippen molar-refractivity contribution in [2.24, 2.45) is 0 Å². The summed E-state index contributed by atoms with van der Waals surface area (Å²) < 4.78 is 33.3. The molecule has 4 heterocycles. The summed E-state index contributed by atoms with van der Waals surface area (Å²) in [5, 5.41) is 5.93. The molecule has 33 heavy (non-hydrogen) atoms. The number of pyridine rings is 1. The van der Waals surface area contributed by atoms with E-state index >= 15 is 0 Å². The number of carbonyl (C=O) groups is 1. The van der Waals surface area contributed by atoms with Crippen molar-refractivity contribution in [2.45, 2.75) is 30.5 Å². The Morgan fingerprint density at radius 2 is 2.09 bits per heavy atom. The van der Waals surface area contributed by atoms with Crippen LogP contribution in [0.4, 0.5) is 0 Å². The summed E-state index contributed by atoms with van der Waals surface area (Å²) in [6, 6.07) is 13.5. The Hall–Kier alpha value is -2.72.